The van der Waals surface area contributed by atoms with E-state index in [1.165, 1.54) is 0 Å². The average molecular weight is 291 g/mol. The highest BCUT2D eigenvalue weighted by Gasteiger charge is 2.45. The number of carboxylic acid groups (broad SMARTS) is 1. The molecule has 1 saturated carbocycles. The van der Waals surface area contributed by atoms with E-state index in [1.54, 1.807) is 13.0 Å². The Morgan fingerprint density at radius 2 is 2.24 bits per heavy atom. The number of rotatable bonds is 5. The lowest BCUT2D eigenvalue weighted by Gasteiger charge is -2.27. The van der Waals surface area contributed by atoms with Crippen LogP contribution in [0.25, 0.3) is 0 Å². The summed E-state index contributed by atoms with van der Waals surface area (Å²) in [5, 5.41) is 12.1. The van der Waals surface area contributed by atoms with Gasteiger partial charge in [0, 0.05) is 6.04 Å². The van der Waals surface area contributed by atoms with Gasteiger partial charge in [-0.3, -0.25) is 9.59 Å². The van der Waals surface area contributed by atoms with Crippen LogP contribution in [0.3, 0.4) is 0 Å². The Hall–Kier alpha value is -2.04. The van der Waals surface area contributed by atoms with E-state index < -0.39 is 11.4 Å². The molecule has 1 amide bonds. The third-order valence-corrected chi connectivity index (χ3v) is 4.14. The van der Waals surface area contributed by atoms with Crippen LogP contribution in [-0.4, -0.2) is 29.6 Å². The minimum atomic E-state index is -0.876. The van der Waals surface area contributed by atoms with Crippen molar-refractivity contribution in [2.75, 3.05) is 6.61 Å². The SMILES string of the molecule is Cc1cccc(OCC(=O)NC2CCCC2(C)C(=O)O)c1. The van der Waals surface area contributed by atoms with Crippen LogP contribution in [0.2, 0.25) is 0 Å². The molecule has 0 spiro atoms. The molecule has 5 heteroatoms. The van der Waals surface area contributed by atoms with Gasteiger partial charge < -0.3 is 15.2 Å². The number of aliphatic carboxylic acids is 1. The number of amides is 1. The van der Waals surface area contributed by atoms with Crippen LogP contribution in [0.5, 0.6) is 5.75 Å². The first-order valence-corrected chi connectivity index (χ1v) is 7.14. The molecule has 1 aliphatic carbocycles. The van der Waals surface area contributed by atoms with Crippen molar-refractivity contribution in [3.05, 3.63) is 29.8 Å². The molecule has 0 radical (unpaired) electrons. The summed E-state index contributed by atoms with van der Waals surface area (Å²) in [6.07, 6.45) is 2.09. The summed E-state index contributed by atoms with van der Waals surface area (Å²) in [4.78, 5) is 23.3. The predicted octanol–water partition coefficient (Wildman–Crippen LogP) is 2.13. The van der Waals surface area contributed by atoms with E-state index in [1.807, 2.05) is 25.1 Å². The summed E-state index contributed by atoms with van der Waals surface area (Å²) in [5.41, 5.74) is 0.182. The van der Waals surface area contributed by atoms with Crippen LogP contribution in [0.1, 0.15) is 31.7 Å². The van der Waals surface area contributed by atoms with Crippen molar-refractivity contribution < 1.29 is 19.4 Å². The largest absolute Gasteiger partial charge is 0.484 e. The fraction of sp³-hybridized carbons (Fsp3) is 0.500. The second-order valence-electron chi connectivity index (χ2n) is 5.84. The van der Waals surface area contributed by atoms with Crippen LogP contribution < -0.4 is 10.1 Å². The maximum atomic E-state index is 11.9. The third kappa shape index (κ3) is 3.54. The van der Waals surface area contributed by atoms with Gasteiger partial charge in [0.25, 0.3) is 5.91 Å². The van der Waals surface area contributed by atoms with E-state index in [9.17, 15) is 14.7 Å². The maximum Gasteiger partial charge on any atom is 0.311 e. The first-order chi connectivity index (χ1) is 9.91. The summed E-state index contributed by atoms with van der Waals surface area (Å²) in [7, 11) is 0. The molecule has 2 atom stereocenters. The lowest BCUT2D eigenvalue weighted by Crippen LogP contribution is -2.48. The van der Waals surface area contributed by atoms with E-state index in [2.05, 4.69) is 5.32 Å². The molecule has 0 bridgehead atoms. The van der Waals surface area contributed by atoms with Crippen molar-refractivity contribution in [3.8, 4) is 5.75 Å². The Bertz CT molecular complexity index is 543. The van der Waals surface area contributed by atoms with Crippen molar-refractivity contribution >= 4 is 11.9 Å². The third-order valence-electron chi connectivity index (χ3n) is 4.14. The average Bonchev–Trinajstić information content (AvgIpc) is 2.79. The van der Waals surface area contributed by atoms with Crippen molar-refractivity contribution in [1.82, 2.24) is 5.32 Å². The highest BCUT2D eigenvalue weighted by molar-refractivity contribution is 5.81. The molecule has 0 saturated heterocycles. The number of hydrogen-bond donors (Lipinski definition) is 2. The molecule has 2 unspecified atom stereocenters. The van der Waals surface area contributed by atoms with Crippen LogP contribution in [-0.2, 0) is 9.59 Å². The number of carbonyl (C=O) groups excluding carboxylic acids is 1. The minimum absolute atomic E-state index is 0.102. The number of benzene rings is 1. The number of carbonyl (C=O) groups is 2. The number of hydrogen-bond acceptors (Lipinski definition) is 3. The van der Waals surface area contributed by atoms with Gasteiger partial charge in [0.05, 0.1) is 5.41 Å². The van der Waals surface area contributed by atoms with Crippen LogP contribution in [0, 0.1) is 12.3 Å². The molecule has 2 N–H and O–H groups in total. The highest BCUT2D eigenvalue weighted by Crippen LogP contribution is 2.38. The van der Waals surface area contributed by atoms with Gasteiger partial charge in [-0.1, -0.05) is 18.6 Å². The van der Waals surface area contributed by atoms with Crippen LogP contribution in [0.15, 0.2) is 24.3 Å². The Morgan fingerprint density at radius 1 is 1.48 bits per heavy atom. The van der Waals surface area contributed by atoms with Gasteiger partial charge in [-0.25, -0.2) is 0 Å². The van der Waals surface area contributed by atoms with E-state index >= 15 is 0 Å². The number of carboxylic acids is 1. The highest BCUT2D eigenvalue weighted by atomic mass is 16.5. The summed E-state index contributed by atoms with van der Waals surface area (Å²) in [6.45, 7) is 3.54. The fourth-order valence-corrected chi connectivity index (χ4v) is 2.74. The predicted molar refractivity (Wildman–Crippen MR) is 78.2 cm³/mol. The normalized spacial score (nSPS) is 24.6. The Labute approximate surface area is 124 Å². The molecule has 0 heterocycles. The zero-order valence-corrected chi connectivity index (χ0v) is 12.4. The molecule has 114 valence electrons. The van der Waals surface area contributed by atoms with Crippen LogP contribution >= 0.6 is 0 Å². The monoisotopic (exact) mass is 291 g/mol. The second kappa shape index (κ2) is 6.16. The lowest BCUT2D eigenvalue weighted by molar-refractivity contribution is -0.149. The molecule has 1 fully saturated rings. The standard InChI is InChI=1S/C16H21NO4/c1-11-5-3-6-12(9-11)21-10-14(18)17-13-7-4-8-16(13,2)15(19)20/h3,5-6,9,13H,4,7-8,10H2,1-2H3,(H,17,18)(H,19,20). The minimum Gasteiger partial charge on any atom is -0.484 e. The molecule has 0 aromatic heterocycles. The van der Waals surface area contributed by atoms with Gasteiger partial charge in [-0.2, -0.15) is 0 Å². The summed E-state index contributed by atoms with van der Waals surface area (Å²) in [5.74, 6) is -0.502. The van der Waals surface area contributed by atoms with Gasteiger partial charge in [0.15, 0.2) is 6.61 Å². The Morgan fingerprint density at radius 3 is 2.90 bits per heavy atom. The van der Waals surface area contributed by atoms with Crippen LogP contribution in [0.4, 0.5) is 0 Å². The van der Waals surface area contributed by atoms with E-state index in [0.29, 0.717) is 18.6 Å². The van der Waals surface area contributed by atoms with Gasteiger partial charge in [0.2, 0.25) is 0 Å². The molecule has 1 aliphatic rings. The topological polar surface area (TPSA) is 75.6 Å². The number of aryl methyl sites for hydroxylation is 1. The Kier molecular flexibility index (Phi) is 4.50. The molecule has 1 aromatic rings. The van der Waals surface area contributed by atoms with E-state index in [4.69, 9.17) is 4.74 Å². The quantitative estimate of drug-likeness (QED) is 0.871. The van der Waals surface area contributed by atoms with Crippen molar-refractivity contribution in [2.45, 2.75) is 39.2 Å². The zero-order chi connectivity index (χ0) is 15.5. The molecular formula is C16H21NO4. The van der Waals surface area contributed by atoms with Crippen molar-refractivity contribution in [2.24, 2.45) is 5.41 Å². The molecular weight excluding hydrogens is 270 g/mol. The van der Waals surface area contributed by atoms with Gasteiger partial charge in [0.1, 0.15) is 5.75 Å². The summed E-state index contributed by atoms with van der Waals surface area (Å²) >= 11 is 0. The van der Waals surface area contributed by atoms with E-state index in [-0.39, 0.29) is 18.6 Å². The van der Waals surface area contributed by atoms with E-state index in [0.717, 1.165) is 12.0 Å². The fourth-order valence-electron chi connectivity index (χ4n) is 2.74. The zero-order valence-electron chi connectivity index (χ0n) is 12.4. The molecule has 1 aromatic carbocycles. The van der Waals surface area contributed by atoms with Gasteiger partial charge in [-0.15, -0.1) is 0 Å². The smallest absolute Gasteiger partial charge is 0.311 e. The molecule has 21 heavy (non-hydrogen) atoms. The first-order valence-electron chi connectivity index (χ1n) is 7.14. The molecule has 5 nitrogen and oxygen atoms in total. The van der Waals surface area contributed by atoms with Gasteiger partial charge >= 0.3 is 5.97 Å². The van der Waals surface area contributed by atoms with Crippen molar-refractivity contribution in [1.29, 1.82) is 0 Å². The summed E-state index contributed by atoms with van der Waals surface area (Å²) < 4.78 is 5.43. The Balaban J connectivity index is 1.89. The molecule has 0 aliphatic heterocycles. The first kappa shape index (κ1) is 15.4. The second-order valence-corrected chi connectivity index (χ2v) is 5.84. The van der Waals surface area contributed by atoms with Gasteiger partial charge in [-0.05, 0) is 44.4 Å². The van der Waals surface area contributed by atoms with Crippen molar-refractivity contribution in [3.63, 3.8) is 0 Å². The summed E-state index contributed by atoms with van der Waals surface area (Å²) in [6, 6.07) is 7.12. The molecule has 2 rings (SSSR count). The lowest BCUT2D eigenvalue weighted by atomic mass is 9.85. The number of nitrogens with one attached hydrogen (secondary N) is 1. The number of ether oxygens (including phenoxy) is 1. The maximum absolute atomic E-state index is 11.9.